The van der Waals surface area contributed by atoms with Crippen LogP contribution in [0.15, 0.2) is 0 Å². The molecule has 4 unspecified atom stereocenters. The largest absolute Gasteiger partial charge is 0.480 e. The molecule has 1 amide bonds. The Balaban J connectivity index is 1.84. The van der Waals surface area contributed by atoms with E-state index < -0.39 is 12.0 Å². The van der Waals surface area contributed by atoms with Crippen LogP contribution in [0.3, 0.4) is 0 Å². The summed E-state index contributed by atoms with van der Waals surface area (Å²) in [6, 6.07) is -0.236. The first kappa shape index (κ1) is 15.3. The second-order valence-corrected chi connectivity index (χ2v) is 6.41. The molecule has 5 heteroatoms. The van der Waals surface area contributed by atoms with Gasteiger partial charge in [0.15, 0.2) is 0 Å². The minimum absolute atomic E-state index is 0.0240. The van der Waals surface area contributed by atoms with Crippen molar-refractivity contribution in [1.29, 1.82) is 0 Å². The summed E-state index contributed by atoms with van der Waals surface area (Å²) >= 11 is 0. The van der Waals surface area contributed by atoms with Crippen LogP contribution >= 0.6 is 0 Å². The number of rotatable bonds is 4. The van der Waals surface area contributed by atoms with Crippen LogP contribution in [0.25, 0.3) is 0 Å². The van der Waals surface area contributed by atoms with Crippen molar-refractivity contribution in [2.24, 2.45) is 11.8 Å². The van der Waals surface area contributed by atoms with Crippen LogP contribution in [0.1, 0.15) is 46.0 Å². The smallest absolute Gasteiger partial charge is 0.320 e. The average molecular weight is 282 g/mol. The molecule has 5 nitrogen and oxygen atoms in total. The molecule has 4 atom stereocenters. The maximum Gasteiger partial charge on any atom is 0.320 e. The lowest BCUT2D eigenvalue weighted by atomic mass is 9.78. The molecule has 0 bridgehead atoms. The third-order valence-electron chi connectivity index (χ3n) is 5.05. The molecule has 0 aromatic rings. The van der Waals surface area contributed by atoms with Crippen LogP contribution in [-0.2, 0) is 9.59 Å². The molecule has 0 aromatic heterocycles. The van der Waals surface area contributed by atoms with Gasteiger partial charge in [-0.15, -0.1) is 0 Å². The van der Waals surface area contributed by atoms with Gasteiger partial charge in [0.1, 0.15) is 6.04 Å². The Morgan fingerprint density at radius 3 is 2.65 bits per heavy atom. The van der Waals surface area contributed by atoms with Crippen molar-refractivity contribution in [2.45, 2.75) is 58.0 Å². The standard InChI is InChI=1S/C15H26N2O3/c1-10-5-3-6-12(11(10)2)16-14(18)9-17-8-4-7-13(17)15(19)20/h10-13H,3-9H2,1-2H3,(H,16,18)(H,19,20). The van der Waals surface area contributed by atoms with E-state index in [-0.39, 0.29) is 18.5 Å². The van der Waals surface area contributed by atoms with Crippen molar-refractivity contribution in [3.05, 3.63) is 0 Å². The van der Waals surface area contributed by atoms with E-state index in [0.717, 1.165) is 19.3 Å². The summed E-state index contributed by atoms with van der Waals surface area (Å²) < 4.78 is 0. The molecule has 1 heterocycles. The Morgan fingerprint density at radius 2 is 1.95 bits per heavy atom. The second-order valence-electron chi connectivity index (χ2n) is 6.41. The van der Waals surface area contributed by atoms with E-state index in [1.807, 2.05) is 0 Å². The summed E-state index contributed by atoms with van der Waals surface area (Å²) in [5.74, 6) is 0.313. The third kappa shape index (κ3) is 3.51. The van der Waals surface area contributed by atoms with Crippen LogP contribution in [0.4, 0.5) is 0 Å². The number of likely N-dealkylation sites (tertiary alicyclic amines) is 1. The van der Waals surface area contributed by atoms with Gasteiger partial charge in [-0.2, -0.15) is 0 Å². The van der Waals surface area contributed by atoms with Gasteiger partial charge >= 0.3 is 5.97 Å². The number of carboxylic acids is 1. The number of carbonyl (C=O) groups is 2. The van der Waals surface area contributed by atoms with Gasteiger partial charge in [0.05, 0.1) is 6.54 Å². The van der Waals surface area contributed by atoms with Crippen LogP contribution in [0.2, 0.25) is 0 Å². The van der Waals surface area contributed by atoms with Gasteiger partial charge in [0, 0.05) is 6.04 Å². The summed E-state index contributed by atoms with van der Waals surface area (Å²) in [6.07, 6.45) is 4.96. The first-order valence-corrected chi connectivity index (χ1v) is 7.75. The zero-order valence-corrected chi connectivity index (χ0v) is 12.5. The second kappa shape index (κ2) is 6.57. The third-order valence-corrected chi connectivity index (χ3v) is 5.05. The molecule has 2 rings (SSSR count). The van der Waals surface area contributed by atoms with E-state index in [0.29, 0.717) is 24.8 Å². The van der Waals surface area contributed by atoms with Gasteiger partial charge in [0.25, 0.3) is 0 Å². The number of carboxylic acid groups (broad SMARTS) is 1. The highest BCUT2D eigenvalue weighted by molar-refractivity contribution is 5.80. The minimum atomic E-state index is -0.810. The fourth-order valence-corrected chi connectivity index (χ4v) is 3.52. The Bertz CT molecular complexity index is 372. The van der Waals surface area contributed by atoms with E-state index in [1.54, 1.807) is 4.90 Å². The van der Waals surface area contributed by atoms with Gasteiger partial charge in [0.2, 0.25) is 5.91 Å². The Labute approximate surface area is 120 Å². The van der Waals surface area contributed by atoms with E-state index >= 15 is 0 Å². The normalized spacial score (nSPS) is 34.9. The van der Waals surface area contributed by atoms with E-state index in [4.69, 9.17) is 5.11 Å². The molecule has 1 aliphatic carbocycles. The molecule has 1 saturated heterocycles. The minimum Gasteiger partial charge on any atom is -0.480 e. The Kier molecular flexibility index (Phi) is 5.02. The van der Waals surface area contributed by atoms with Crippen LogP contribution < -0.4 is 5.32 Å². The molecule has 1 aliphatic heterocycles. The quantitative estimate of drug-likeness (QED) is 0.819. The summed E-state index contributed by atoms with van der Waals surface area (Å²) in [6.45, 7) is 5.37. The SMILES string of the molecule is CC1CCCC(NC(=O)CN2CCCC2C(=O)O)C1C. The fourth-order valence-electron chi connectivity index (χ4n) is 3.52. The van der Waals surface area contributed by atoms with Gasteiger partial charge in [-0.05, 0) is 37.6 Å². The summed E-state index contributed by atoms with van der Waals surface area (Å²) in [5, 5.41) is 12.2. The molecule has 0 radical (unpaired) electrons. The van der Waals surface area contributed by atoms with E-state index in [9.17, 15) is 9.59 Å². The van der Waals surface area contributed by atoms with Crippen molar-refractivity contribution in [2.75, 3.05) is 13.1 Å². The number of aliphatic carboxylic acids is 1. The predicted octanol–water partition coefficient (Wildman–Crippen LogP) is 1.48. The molecular formula is C15H26N2O3. The highest BCUT2D eigenvalue weighted by Gasteiger charge is 2.33. The van der Waals surface area contributed by atoms with Gasteiger partial charge in [-0.3, -0.25) is 14.5 Å². The fraction of sp³-hybridized carbons (Fsp3) is 0.867. The predicted molar refractivity (Wildman–Crippen MR) is 76.3 cm³/mol. The lowest BCUT2D eigenvalue weighted by Gasteiger charge is -2.35. The first-order valence-electron chi connectivity index (χ1n) is 7.75. The van der Waals surface area contributed by atoms with Crippen molar-refractivity contribution in [3.63, 3.8) is 0 Å². The molecule has 2 fully saturated rings. The van der Waals surface area contributed by atoms with Crippen LogP contribution in [0, 0.1) is 11.8 Å². The zero-order chi connectivity index (χ0) is 14.7. The van der Waals surface area contributed by atoms with Crippen molar-refractivity contribution >= 4 is 11.9 Å². The molecule has 2 aliphatic rings. The summed E-state index contributed by atoms with van der Waals surface area (Å²) in [7, 11) is 0. The molecule has 2 N–H and O–H groups in total. The first-order chi connectivity index (χ1) is 9.49. The summed E-state index contributed by atoms with van der Waals surface area (Å²) in [5.41, 5.74) is 0. The molecule has 1 saturated carbocycles. The molecule has 0 spiro atoms. The van der Waals surface area contributed by atoms with Gasteiger partial charge in [-0.25, -0.2) is 0 Å². The monoisotopic (exact) mass is 282 g/mol. The van der Waals surface area contributed by atoms with Crippen molar-refractivity contribution in [3.8, 4) is 0 Å². The Morgan fingerprint density at radius 1 is 1.20 bits per heavy atom. The number of nitrogens with zero attached hydrogens (tertiary/aromatic N) is 1. The number of amides is 1. The van der Waals surface area contributed by atoms with Crippen LogP contribution in [0.5, 0.6) is 0 Å². The topological polar surface area (TPSA) is 69.6 Å². The molecule has 114 valence electrons. The van der Waals surface area contributed by atoms with E-state index in [1.165, 1.54) is 6.42 Å². The average Bonchev–Trinajstić information content (AvgIpc) is 2.83. The van der Waals surface area contributed by atoms with Crippen molar-refractivity contribution in [1.82, 2.24) is 10.2 Å². The number of hydrogen-bond acceptors (Lipinski definition) is 3. The molecule has 20 heavy (non-hydrogen) atoms. The summed E-state index contributed by atoms with van der Waals surface area (Å²) in [4.78, 5) is 25.0. The highest BCUT2D eigenvalue weighted by Crippen LogP contribution is 2.29. The van der Waals surface area contributed by atoms with Gasteiger partial charge in [-0.1, -0.05) is 26.7 Å². The van der Waals surface area contributed by atoms with E-state index in [2.05, 4.69) is 19.2 Å². The lowest BCUT2D eigenvalue weighted by molar-refractivity contribution is -0.142. The number of nitrogens with one attached hydrogen (secondary N) is 1. The number of hydrogen-bond donors (Lipinski definition) is 2. The number of carbonyl (C=O) groups excluding carboxylic acids is 1. The zero-order valence-electron chi connectivity index (χ0n) is 12.5. The molecule has 0 aromatic carbocycles. The lowest BCUT2D eigenvalue weighted by Crippen LogP contribution is -2.49. The van der Waals surface area contributed by atoms with Crippen molar-refractivity contribution < 1.29 is 14.7 Å². The van der Waals surface area contributed by atoms with Gasteiger partial charge < -0.3 is 10.4 Å². The highest BCUT2D eigenvalue weighted by atomic mass is 16.4. The maximum atomic E-state index is 12.1. The van der Waals surface area contributed by atoms with Crippen LogP contribution in [-0.4, -0.2) is 47.1 Å². The maximum absolute atomic E-state index is 12.1. The Hall–Kier alpha value is -1.10. The molecular weight excluding hydrogens is 256 g/mol.